The summed E-state index contributed by atoms with van der Waals surface area (Å²) in [6.45, 7) is 7.14. The van der Waals surface area contributed by atoms with E-state index in [1.165, 1.54) is 24.9 Å². The summed E-state index contributed by atoms with van der Waals surface area (Å²) in [6, 6.07) is 11.4. The van der Waals surface area contributed by atoms with Gasteiger partial charge >= 0.3 is 0 Å². The van der Waals surface area contributed by atoms with Crippen molar-refractivity contribution in [2.75, 3.05) is 20.1 Å². The van der Waals surface area contributed by atoms with Gasteiger partial charge in [-0.15, -0.1) is 0 Å². The Bertz CT molecular complexity index is 359. The molecule has 2 heteroatoms. The van der Waals surface area contributed by atoms with E-state index < -0.39 is 0 Å². The van der Waals surface area contributed by atoms with Gasteiger partial charge in [0.05, 0.1) is 0 Å². The lowest BCUT2D eigenvalue weighted by Gasteiger charge is -2.48. The van der Waals surface area contributed by atoms with Crippen molar-refractivity contribution in [3.8, 4) is 0 Å². The van der Waals surface area contributed by atoms with Crippen LogP contribution in [0.2, 0.25) is 0 Å². The fourth-order valence-electron chi connectivity index (χ4n) is 3.15. The fourth-order valence-corrected chi connectivity index (χ4v) is 3.15. The van der Waals surface area contributed by atoms with Gasteiger partial charge in [-0.05, 0) is 52.3 Å². The van der Waals surface area contributed by atoms with E-state index in [1.807, 2.05) is 0 Å². The summed E-state index contributed by atoms with van der Waals surface area (Å²) in [5.41, 5.74) is 1.71. The van der Waals surface area contributed by atoms with E-state index in [-0.39, 0.29) is 5.54 Å². The molecule has 1 saturated heterocycles. The number of piperidine rings is 1. The number of nitrogens with one attached hydrogen (secondary N) is 1. The standard InChI is InChI=1S/C16H26N2/c1-16(2)15(17-3)10-7-12-18(16)13-11-14-8-5-4-6-9-14/h4-6,8-9,15,17H,7,10-13H2,1-3H3. The van der Waals surface area contributed by atoms with E-state index in [0.717, 1.165) is 13.0 Å². The second-order valence-corrected chi connectivity index (χ2v) is 5.86. The van der Waals surface area contributed by atoms with Gasteiger partial charge in [-0.1, -0.05) is 30.3 Å². The molecule has 1 atom stereocenters. The van der Waals surface area contributed by atoms with E-state index >= 15 is 0 Å². The summed E-state index contributed by atoms with van der Waals surface area (Å²) >= 11 is 0. The minimum absolute atomic E-state index is 0.266. The molecule has 0 bridgehead atoms. The first-order valence-electron chi connectivity index (χ1n) is 7.11. The van der Waals surface area contributed by atoms with Gasteiger partial charge in [-0.25, -0.2) is 0 Å². The number of hydrogen-bond acceptors (Lipinski definition) is 2. The Labute approximate surface area is 111 Å². The normalized spacial score (nSPS) is 24.1. The lowest BCUT2D eigenvalue weighted by Crippen LogP contribution is -2.60. The second-order valence-electron chi connectivity index (χ2n) is 5.86. The lowest BCUT2D eigenvalue weighted by molar-refractivity contribution is 0.0469. The van der Waals surface area contributed by atoms with Crippen LogP contribution in [0.3, 0.4) is 0 Å². The van der Waals surface area contributed by atoms with E-state index in [2.05, 4.69) is 61.4 Å². The molecule has 2 nitrogen and oxygen atoms in total. The van der Waals surface area contributed by atoms with Gasteiger partial charge in [-0.3, -0.25) is 4.90 Å². The van der Waals surface area contributed by atoms with Crippen LogP contribution in [-0.2, 0) is 6.42 Å². The van der Waals surface area contributed by atoms with Gasteiger partial charge in [0, 0.05) is 18.1 Å². The highest BCUT2D eigenvalue weighted by atomic mass is 15.2. The van der Waals surface area contributed by atoms with E-state index in [1.54, 1.807) is 0 Å². The smallest absolute Gasteiger partial charge is 0.0306 e. The highest BCUT2D eigenvalue weighted by molar-refractivity contribution is 5.15. The minimum Gasteiger partial charge on any atom is -0.315 e. The van der Waals surface area contributed by atoms with Crippen molar-refractivity contribution >= 4 is 0 Å². The molecule has 0 aliphatic carbocycles. The van der Waals surface area contributed by atoms with Crippen molar-refractivity contribution in [3.63, 3.8) is 0 Å². The summed E-state index contributed by atoms with van der Waals surface area (Å²) in [4.78, 5) is 2.64. The van der Waals surface area contributed by atoms with Crippen LogP contribution in [0.15, 0.2) is 30.3 Å². The molecule has 1 unspecified atom stereocenters. The molecule has 0 aromatic heterocycles. The van der Waals surface area contributed by atoms with Crippen LogP contribution in [0.4, 0.5) is 0 Å². The SMILES string of the molecule is CNC1CCCN(CCc2ccccc2)C1(C)C. The predicted molar refractivity (Wildman–Crippen MR) is 77.9 cm³/mol. The number of nitrogens with zero attached hydrogens (tertiary/aromatic N) is 1. The fraction of sp³-hybridized carbons (Fsp3) is 0.625. The molecule has 0 radical (unpaired) electrons. The zero-order valence-corrected chi connectivity index (χ0v) is 11.9. The van der Waals surface area contributed by atoms with Crippen molar-refractivity contribution in [2.45, 2.75) is 44.7 Å². The van der Waals surface area contributed by atoms with Crippen LogP contribution in [0.25, 0.3) is 0 Å². The Morgan fingerprint density at radius 1 is 1.28 bits per heavy atom. The van der Waals surface area contributed by atoms with Gasteiger partial charge in [-0.2, -0.15) is 0 Å². The average molecular weight is 246 g/mol. The first-order chi connectivity index (χ1) is 8.64. The Hall–Kier alpha value is -0.860. The number of benzene rings is 1. The lowest BCUT2D eigenvalue weighted by atomic mass is 9.84. The largest absolute Gasteiger partial charge is 0.315 e. The Morgan fingerprint density at radius 3 is 2.67 bits per heavy atom. The second kappa shape index (κ2) is 5.85. The zero-order valence-electron chi connectivity index (χ0n) is 11.9. The third-order valence-corrected chi connectivity index (χ3v) is 4.45. The summed E-state index contributed by atoms with van der Waals surface area (Å²) in [5, 5.41) is 3.48. The number of rotatable bonds is 4. The van der Waals surface area contributed by atoms with Crippen LogP contribution in [0.5, 0.6) is 0 Å². The third kappa shape index (κ3) is 2.93. The minimum atomic E-state index is 0.266. The van der Waals surface area contributed by atoms with Crippen molar-refractivity contribution in [3.05, 3.63) is 35.9 Å². The maximum Gasteiger partial charge on any atom is 0.0306 e. The van der Waals surface area contributed by atoms with E-state index in [9.17, 15) is 0 Å². The number of likely N-dealkylation sites (tertiary alicyclic amines) is 1. The first-order valence-corrected chi connectivity index (χ1v) is 7.11. The van der Waals surface area contributed by atoms with Crippen molar-refractivity contribution < 1.29 is 0 Å². The molecule has 1 fully saturated rings. The first kappa shape index (κ1) is 13.6. The van der Waals surface area contributed by atoms with Crippen LogP contribution in [0, 0.1) is 0 Å². The summed E-state index contributed by atoms with van der Waals surface area (Å²) in [5.74, 6) is 0. The molecule has 1 aromatic rings. The molecule has 1 aromatic carbocycles. The molecule has 0 saturated carbocycles. The van der Waals surface area contributed by atoms with Crippen LogP contribution < -0.4 is 5.32 Å². The molecule has 1 aliphatic heterocycles. The van der Waals surface area contributed by atoms with Gasteiger partial charge < -0.3 is 5.32 Å². The Balaban J connectivity index is 1.96. The molecular formula is C16H26N2. The molecule has 1 heterocycles. The molecule has 18 heavy (non-hydrogen) atoms. The maximum absolute atomic E-state index is 3.48. The van der Waals surface area contributed by atoms with Crippen molar-refractivity contribution in [2.24, 2.45) is 0 Å². The van der Waals surface area contributed by atoms with Gasteiger partial charge in [0.2, 0.25) is 0 Å². The summed E-state index contributed by atoms with van der Waals surface area (Å²) < 4.78 is 0. The molecule has 1 N–H and O–H groups in total. The molecular weight excluding hydrogens is 220 g/mol. The molecule has 0 amide bonds. The van der Waals surface area contributed by atoms with E-state index in [4.69, 9.17) is 0 Å². The van der Waals surface area contributed by atoms with Crippen LogP contribution >= 0.6 is 0 Å². The quantitative estimate of drug-likeness (QED) is 0.878. The Kier molecular flexibility index (Phi) is 4.41. The van der Waals surface area contributed by atoms with Crippen LogP contribution in [-0.4, -0.2) is 36.6 Å². The predicted octanol–water partition coefficient (Wildman–Crippen LogP) is 2.69. The molecule has 1 aliphatic rings. The highest BCUT2D eigenvalue weighted by Crippen LogP contribution is 2.27. The third-order valence-electron chi connectivity index (χ3n) is 4.45. The van der Waals surface area contributed by atoms with Crippen molar-refractivity contribution in [1.82, 2.24) is 10.2 Å². The van der Waals surface area contributed by atoms with E-state index in [0.29, 0.717) is 6.04 Å². The summed E-state index contributed by atoms with van der Waals surface area (Å²) in [6.07, 6.45) is 3.76. The summed E-state index contributed by atoms with van der Waals surface area (Å²) in [7, 11) is 2.09. The number of hydrogen-bond donors (Lipinski definition) is 1. The van der Waals surface area contributed by atoms with Gasteiger partial charge in [0.15, 0.2) is 0 Å². The topological polar surface area (TPSA) is 15.3 Å². The molecule has 0 spiro atoms. The maximum atomic E-state index is 3.48. The number of likely N-dealkylation sites (N-methyl/N-ethyl adjacent to an activating group) is 1. The molecule has 2 rings (SSSR count). The van der Waals surface area contributed by atoms with Gasteiger partial charge in [0.1, 0.15) is 0 Å². The highest BCUT2D eigenvalue weighted by Gasteiger charge is 2.36. The monoisotopic (exact) mass is 246 g/mol. The zero-order chi connectivity index (χ0) is 13.0. The van der Waals surface area contributed by atoms with Gasteiger partial charge in [0.25, 0.3) is 0 Å². The Morgan fingerprint density at radius 2 is 2.00 bits per heavy atom. The average Bonchev–Trinajstić information content (AvgIpc) is 2.38. The molecule has 100 valence electrons. The van der Waals surface area contributed by atoms with Crippen LogP contribution in [0.1, 0.15) is 32.3 Å². The van der Waals surface area contributed by atoms with Crippen molar-refractivity contribution in [1.29, 1.82) is 0 Å².